The first-order valence-electron chi connectivity index (χ1n) is 5.90. The zero-order chi connectivity index (χ0) is 13.2. The fourth-order valence-electron chi connectivity index (χ4n) is 1.63. The molecule has 0 heterocycles. The van der Waals surface area contributed by atoms with Crippen molar-refractivity contribution in [1.29, 1.82) is 0 Å². The van der Waals surface area contributed by atoms with Crippen LogP contribution in [0, 0.1) is 0 Å². The Balaban J connectivity index is 2.91. The Bertz CT molecular complexity index is 388. The van der Waals surface area contributed by atoms with E-state index in [2.05, 4.69) is 13.8 Å². The van der Waals surface area contributed by atoms with Crippen molar-refractivity contribution in [1.82, 2.24) is 0 Å². The molecule has 0 radical (unpaired) electrons. The topological polar surface area (TPSA) is 46.3 Å². The third kappa shape index (κ3) is 3.30. The lowest BCUT2D eigenvalue weighted by molar-refractivity contribution is -0.122. The van der Waals surface area contributed by atoms with E-state index in [1.165, 1.54) is 5.56 Å². The SMILES string of the molecule is CC(C)c1ccc(N(C)C(=O)C(C)(C)N)cc1. The number of likely N-dealkylation sites (N-methyl/N-ethyl adjacent to an activating group) is 1. The number of hydrogen-bond acceptors (Lipinski definition) is 2. The van der Waals surface area contributed by atoms with Gasteiger partial charge in [-0.15, -0.1) is 0 Å². The van der Waals surface area contributed by atoms with Crippen LogP contribution >= 0.6 is 0 Å². The van der Waals surface area contributed by atoms with Crippen molar-refractivity contribution in [3.8, 4) is 0 Å². The lowest BCUT2D eigenvalue weighted by atomic mass is 10.0. The molecule has 0 bridgehead atoms. The normalized spacial score (nSPS) is 11.7. The fraction of sp³-hybridized carbons (Fsp3) is 0.500. The maximum absolute atomic E-state index is 12.0. The number of nitrogens with zero attached hydrogens (tertiary/aromatic N) is 1. The standard InChI is InChI=1S/C14H22N2O/c1-10(2)11-6-8-12(9-7-11)16(5)13(17)14(3,4)15/h6-10H,15H2,1-5H3. The van der Waals surface area contributed by atoms with E-state index in [0.717, 1.165) is 5.69 Å². The highest BCUT2D eigenvalue weighted by Gasteiger charge is 2.26. The summed E-state index contributed by atoms with van der Waals surface area (Å²) in [6, 6.07) is 8.01. The highest BCUT2D eigenvalue weighted by Crippen LogP contribution is 2.20. The minimum absolute atomic E-state index is 0.0882. The van der Waals surface area contributed by atoms with Crippen LogP contribution in [0.2, 0.25) is 0 Å². The zero-order valence-electron chi connectivity index (χ0n) is 11.3. The van der Waals surface area contributed by atoms with E-state index in [1.54, 1.807) is 25.8 Å². The fourth-order valence-corrected chi connectivity index (χ4v) is 1.63. The molecule has 1 rings (SSSR count). The van der Waals surface area contributed by atoms with Gasteiger partial charge in [0.15, 0.2) is 0 Å². The Labute approximate surface area is 104 Å². The molecule has 0 spiro atoms. The molecule has 2 N–H and O–H groups in total. The van der Waals surface area contributed by atoms with E-state index < -0.39 is 5.54 Å². The van der Waals surface area contributed by atoms with Gasteiger partial charge >= 0.3 is 0 Å². The Morgan fingerprint density at radius 1 is 1.24 bits per heavy atom. The number of carbonyl (C=O) groups excluding carboxylic acids is 1. The monoisotopic (exact) mass is 234 g/mol. The predicted octanol–water partition coefficient (Wildman–Crippen LogP) is 2.51. The van der Waals surface area contributed by atoms with Gasteiger partial charge in [0.2, 0.25) is 5.91 Å². The highest BCUT2D eigenvalue weighted by atomic mass is 16.2. The summed E-state index contributed by atoms with van der Waals surface area (Å²) in [5.41, 5.74) is 7.10. The molecule has 0 aliphatic heterocycles. The zero-order valence-corrected chi connectivity index (χ0v) is 11.3. The number of rotatable bonds is 3. The molecular formula is C14H22N2O. The van der Waals surface area contributed by atoms with Gasteiger partial charge in [-0.3, -0.25) is 4.79 Å². The summed E-state index contributed by atoms with van der Waals surface area (Å²) >= 11 is 0. The third-order valence-electron chi connectivity index (χ3n) is 2.80. The summed E-state index contributed by atoms with van der Waals surface area (Å²) in [5.74, 6) is 0.408. The molecule has 0 fully saturated rings. The van der Waals surface area contributed by atoms with Crippen molar-refractivity contribution in [2.75, 3.05) is 11.9 Å². The van der Waals surface area contributed by atoms with Gasteiger partial charge in [0, 0.05) is 12.7 Å². The van der Waals surface area contributed by atoms with Gasteiger partial charge in [0.05, 0.1) is 5.54 Å². The number of benzene rings is 1. The van der Waals surface area contributed by atoms with Gasteiger partial charge in [-0.1, -0.05) is 26.0 Å². The molecule has 1 aromatic carbocycles. The average Bonchev–Trinajstić information content (AvgIpc) is 2.26. The van der Waals surface area contributed by atoms with Gasteiger partial charge in [0.1, 0.15) is 0 Å². The Hall–Kier alpha value is -1.35. The third-order valence-corrected chi connectivity index (χ3v) is 2.80. The maximum atomic E-state index is 12.0. The van der Waals surface area contributed by atoms with Crippen LogP contribution in [0.15, 0.2) is 24.3 Å². The molecule has 1 amide bonds. The first kappa shape index (κ1) is 13.7. The summed E-state index contributed by atoms with van der Waals surface area (Å²) in [6.45, 7) is 7.72. The van der Waals surface area contributed by atoms with Crippen molar-refractivity contribution in [3.63, 3.8) is 0 Å². The molecule has 0 aliphatic rings. The predicted molar refractivity (Wildman–Crippen MR) is 72.2 cm³/mol. The molecule has 0 atom stereocenters. The van der Waals surface area contributed by atoms with Crippen molar-refractivity contribution < 1.29 is 4.79 Å². The average molecular weight is 234 g/mol. The lowest BCUT2D eigenvalue weighted by Crippen LogP contribution is -2.49. The van der Waals surface area contributed by atoms with Gasteiger partial charge in [-0.25, -0.2) is 0 Å². The van der Waals surface area contributed by atoms with E-state index in [-0.39, 0.29) is 5.91 Å². The van der Waals surface area contributed by atoms with Crippen LogP contribution < -0.4 is 10.6 Å². The van der Waals surface area contributed by atoms with Crippen LogP contribution in [0.25, 0.3) is 0 Å². The summed E-state index contributed by atoms with van der Waals surface area (Å²) in [4.78, 5) is 13.6. The molecule has 17 heavy (non-hydrogen) atoms. The molecule has 3 heteroatoms. The minimum atomic E-state index is -0.842. The summed E-state index contributed by atoms with van der Waals surface area (Å²) in [5, 5.41) is 0. The molecule has 94 valence electrons. The van der Waals surface area contributed by atoms with Crippen LogP contribution in [-0.4, -0.2) is 18.5 Å². The quantitative estimate of drug-likeness (QED) is 0.873. The molecule has 1 aromatic rings. The Kier molecular flexibility index (Phi) is 3.94. The van der Waals surface area contributed by atoms with Crippen LogP contribution in [0.3, 0.4) is 0 Å². The second-order valence-corrected chi connectivity index (χ2v) is 5.33. The van der Waals surface area contributed by atoms with Crippen molar-refractivity contribution in [2.45, 2.75) is 39.2 Å². The lowest BCUT2D eigenvalue weighted by Gasteiger charge is -2.26. The van der Waals surface area contributed by atoms with E-state index in [4.69, 9.17) is 5.73 Å². The number of anilines is 1. The van der Waals surface area contributed by atoms with Gasteiger partial charge < -0.3 is 10.6 Å². The maximum Gasteiger partial charge on any atom is 0.246 e. The molecule has 0 aromatic heterocycles. The molecule has 0 saturated carbocycles. The van der Waals surface area contributed by atoms with Gasteiger partial charge in [-0.05, 0) is 37.5 Å². The highest BCUT2D eigenvalue weighted by molar-refractivity contribution is 5.99. The first-order chi connectivity index (χ1) is 7.73. The van der Waals surface area contributed by atoms with E-state index in [0.29, 0.717) is 5.92 Å². The van der Waals surface area contributed by atoms with E-state index >= 15 is 0 Å². The van der Waals surface area contributed by atoms with E-state index in [1.807, 2.05) is 24.3 Å². The first-order valence-corrected chi connectivity index (χ1v) is 5.90. The van der Waals surface area contributed by atoms with Crippen LogP contribution in [0.4, 0.5) is 5.69 Å². The smallest absolute Gasteiger partial charge is 0.246 e. The molecular weight excluding hydrogens is 212 g/mol. The number of nitrogens with two attached hydrogens (primary N) is 1. The van der Waals surface area contributed by atoms with Gasteiger partial charge in [-0.2, -0.15) is 0 Å². The summed E-state index contributed by atoms with van der Waals surface area (Å²) in [6.07, 6.45) is 0. The van der Waals surface area contributed by atoms with Crippen LogP contribution in [0.5, 0.6) is 0 Å². The molecule has 0 aliphatic carbocycles. The molecule has 0 saturated heterocycles. The Morgan fingerprint density at radius 2 is 1.71 bits per heavy atom. The second-order valence-electron chi connectivity index (χ2n) is 5.33. The molecule has 3 nitrogen and oxygen atoms in total. The largest absolute Gasteiger partial charge is 0.318 e. The van der Waals surface area contributed by atoms with Crippen molar-refractivity contribution in [3.05, 3.63) is 29.8 Å². The van der Waals surface area contributed by atoms with E-state index in [9.17, 15) is 4.79 Å². The van der Waals surface area contributed by atoms with Gasteiger partial charge in [0.25, 0.3) is 0 Å². The number of hydrogen-bond donors (Lipinski definition) is 1. The summed E-state index contributed by atoms with van der Waals surface area (Å²) in [7, 11) is 1.75. The van der Waals surface area contributed by atoms with Crippen molar-refractivity contribution in [2.24, 2.45) is 5.73 Å². The van der Waals surface area contributed by atoms with Crippen LogP contribution in [-0.2, 0) is 4.79 Å². The number of amides is 1. The number of carbonyl (C=O) groups is 1. The minimum Gasteiger partial charge on any atom is -0.318 e. The van der Waals surface area contributed by atoms with Crippen LogP contribution in [0.1, 0.15) is 39.2 Å². The van der Waals surface area contributed by atoms with Crippen molar-refractivity contribution >= 4 is 11.6 Å². The summed E-state index contributed by atoms with van der Waals surface area (Å²) < 4.78 is 0. The molecule has 0 unspecified atom stereocenters. The Morgan fingerprint density at radius 3 is 2.06 bits per heavy atom. The second kappa shape index (κ2) is 4.88.